The van der Waals surface area contributed by atoms with Crippen LogP contribution in [0.15, 0.2) is 18.2 Å². The number of nitrogens with zero attached hydrogens (tertiary/aromatic N) is 1. The summed E-state index contributed by atoms with van der Waals surface area (Å²) in [5.41, 5.74) is 0.0547. The van der Waals surface area contributed by atoms with Crippen molar-refractivity contribution in [2.75, 3.05) is 18.1 Å². The van der Waals surface area contributed by atoms with Crippen LogP contribution in [0.3, 0.4) is 0 Å². The number of anilines is 1. The van der Waals surface area contributed by atoms with Gasteiger partial charge < -0.3 is 15.1 Å². The van der Waals surface area contributed by atoms with Gasteiger partial charge in [-0.05, 0) is 31.4 Å². The van der Waals surface area contributed by atoms with Gasteiger partial charge in [0.2, 0.25) is 0 Å². The molecule has 0 heterocycles. The summed E-state index contributed by atoms with van der Waals surface area (Å²) in [5, 5.41) is 18.2. The van der Waals surface area contributed by atoms with Crippen molar-refractivity contribution in [3.63, 3.8) is 0 Å². The molecule has 2 N–H and O–H groups in total. The van der Waals surface area contributed by atoms with E-state index in [9.17, 15) is 9.18 Å². The monoisotopic (exact) mass is 253 g/mol. The number of aliphatic hydroxyl groups is 1. The summed E-state index contributed by atoms with van der Waals surface area (Å²) in [6.07, 6.45) is 2.88. The molecule has 0 aromatic heterocycles. The largest absolute Gasteiger partial charge is 0.478 e. The first-order chi connectivity index (χ1) is 8.65. The lowest BCUT2D eigenvalue weighted by atomic mass is 9.90. The average Bonchev–Trinajstić information content (AvgIpc) is 2.25. The van der Waals surface area contributed by atoms with Gasteiger partial charge in [-0.25, -0.2) is 9.18 Å². The van der Waals surface area contributed by atoms with Gasteiger partial charge in [-0.15, -0.1) is 0 Å². The van der Waals surface area contributed by atoms with Crippen LogP contribution < -0.4 is 4.90 Å². The van der Waals surface area contributed by atoms with E-state index in [0.29, 0.717) is 0 Å². The molecule has 0 atom stereocenters. The second-order valence-corrected chi connectivity index (χ2v) is 4.44. The molecule has 0 unspecified atom stereocenters. The highest BCUT2D eigenvalue weighted by atomic mass is 19.1. The molecule has 0 spiro atoms. The Hall–Kier alpha value is -1.62. The zero-order valence-electron chi connectivity index (χ0n) is 9.97. The molecule has 0 amide bonds. The maximum Gasteiger partial charge on any atom is 0.337 e. The maximum absolute atomic E-state index is 13.9. The zero-order valence-corrected chi connectivity index (χ0v) is 9.97. The molecule has 1 fully saturated rings. The van der Waals surface area contributed by atoms with Gasteiger partial charge in [-0.3, -0.25) is 0 Å². The Morgan fingerprint density at radius 2 is 2.17 bits per heavy atom. The van der Waals surface area contributed by atoms with E-state index in [1.807, 2.05) is 0 Å². The third-order valence-electron chi connectivity index (χ3n) is 3.36. The van der Waals surface area contributed by atoms with Crippen LogP contribution in [0.1, 0.15) is 29.6 Å². The first-order valence-corrected chi connectivity index (χ1v) is 6.04. The fraction of sp³-hybridized carbons (Fsp3) is 0.462. The van der Waals surface area contributed by atoms with Crippen LogP contribution in [-0.2, 0) is 0 Å². The number of aromatic carboxylic acids is 1. The lowest BCUT2D eigenvalue weighted by Crippen LogP contribution is -2.43. The Labute approximate surface area is 105 Å². The number of carboxylic acid groups (broad SMARTS) is 1. The molecule has 4 nitrogen and oxygen atoms in total. The van der Waals surface area contributed by atoms with Crippen molar-refractivity contribution < 1.29 is 19.4 Å². The van der Waals surface area contributed by atoms with E-state index < -0.39 is 11.8 Å². The van der Waals surface area contributed by atoms with E-state index in [1.54, 1.807) is 4.90 Å². The SMILES string of the molecule is O=C(O)c1cccc(F)c1N(CCO)C1CCC1. The van der Waals surface area contributed by atoms with Crippen LogP contribution in [-0.4, -0.2) is 35.4 Å². The van der Waals surface area contributed by atoms with E-state index >= 15 is 0 Å². The standard InChI is InChI=1S/C13H16FNO3/c14-11-6-2-5-10(13(17)18)12(11)15(7-8-16)9-3-1-4-9/h2,5-6,9,16H,1,3-4,7-8H2,(H,17,18). The normalized spacial score (nSPS) is 15.2. The molecule has 98 valence electrons. The average molecular weight is 253 g/mol. The van der Waals surface area contributed by atoms with E-state index in [2.05, 4.69) is 0 Å². The number of para-hydroxylation sites is 1. The second-order valence-electron chi connectivity index (χ2n) is 4.44. The highest BCUT2D eigenvalue weighted by Crippen LogP contribution is 2.33. The number of aliphatic hydroxyl groups excluding tert-OH is 1. The van der Waals surface area contributed by atoms with Crippen LogP contribution in [0.5, 0.6) is 0 Å². The number of carboxylic acids is 1. The van der Waals surface area contributed by atoms with Crippen molar-refractivity contribution in [1.29, 1.82) is 0 Å². The Morgan fingerprint density at radius 1 is 1.44 bits per heavy atom. The number of halogens is 1. The first-order valence-electron chi connectivity index (χ1n) is 6.04. The molecule has 1 aromatic carbocycles. The summed E-state index contributed by atoms with van der Waals surface area (Å²) in [5.74, 6) is -1.69. The zero-order chi connectivity index (χ0) is 13.1. The van der Waals surface area contributed by atoms with Crippen LogP contribution >= 0.6 is 0 Å². The number of rotatable bonds is 5. The number of benzene rings is 1. The smallest absolute Gasteiger partial charge is 0.337 e. The van der Waals surface area contributed by atoms with E-state index in [-0.39, 0.29) is 30.4 Å². The van der Waals surface area contributed by atoms with Crippen LogP contribution in [0.25, 0.3) is 0 Å². The molecule has 0 bridgehead atoms. The predicted molar refractivity (Wildman–Crippen MR) is 65.4 cm³/mol. The summed E-state index contributed by atoms with van der Waals surface area (Å²) in [6, 6.07) is 4.17. The minimum absolute atomic E-state index is 0.0460. The summed E-state index contributed by atoms with van der Waals surface area (Å²) >= 11 is 0. The van der Waals surface area contributed by atoms with Gasteiger partial charge in [0.15, 0.2) is 0 Å². The van der Waals surface area contributed by atoms with E-state index in [4.69, 9.17) is 10.2 Å². The molecule has 1 aliphatic rings. The van der Waals surface area contributed by atoms with E-state index in [0.717, 1.165) is 19.3 Å². The second kappa shape index (κ2) is 5.35. The van der Waals surface area contributed by atoms with Gasteiger partial charge in [0, 0.05) is 12.6 Å². The molecule has 1 saturated carbocycles. The summed E-state index contributed by atoms with van der Waals surface area (Å²) in [4.78, 5) is 12.8. The minimum Gasteiger partial charge on any atom is -0.478 e. The highest BCUT2D eigenvalue weighted by Gasteiger charge is 2.29. The van der Waals surface area contributed by atoms with Crippen molar-refractivity contribution in [3.8, 4) is 0 Å². The molecule has 1 aromatic rings. The molecule has 18 heavy (non-hydrogen) atoms. The number of hydrogen-bond donors (Lipinski definition) is 2. The maximum atomic E-state index is 13.9. The predicted octanol–water partition coefficient (Wildman–Crippen LogP) is 1.88. The van der Waals surface area contributed by atoms with Gasteiger partial charge >= 0.3 is 5.97 Å². The molecule has 0 aliphatic heterocycles. The Kier molecular flexibility index (Phi) is 3.81. The van der Waals surface area contributed by atoms with Crippen molar-refractivity contribution in [2.45, 2.75) is 25.3 Å². The van der Waals surface area contributed by atoms with Crippen molar-refractivity contribution in [3.05, 3.63) is 29.6 Å². The molecule has 5 heteroatoms. The quantitative estimate of drug-likeness (QED) is 0.841. The van der Waals surface area contributed by atoms with Gasteiger partial charge in [-0.1, -0.05) is 6.07 Å². The van der Waals surface area contributed by atoms with Gasteiger partial charge in [0.1, 0.15) is 5.82 Å². The summed E-state index contributed by atoms with van der Waals surface area (Å²) in [7, 11) is 0. The number of hydrogen-bond acceptors (Lipinski definition) is 3. The van der Waals surface area contributed by atoms with Crippen LogP contribution in [0, 0.1) is 5.82 Å². The highest BCUT2D eigenvalue weighted by molar-refractivity contribution is 5.94. The Balaban J connectivity index is 2.41. The van der Waals surface area contributed by atoms with Gasteiger partial charge in [0.05, 0.1) is 17.9 Å². The number of carbonyl (C=O) groups is 1. The summed E-state index contributed by atoms with van der Waals surface area (Å²) in [6.45, 7) is 0.135. The fourth-order valence-corrected chi connectivity index (χ4v) is 2.26. The molecular weight excluding hydrogens is 237 g/mol. The third kappa shape index (κ3) is 2.31. The van der Waals surface area contributed by atoms with Crippen molar-refractivity contribution >= 4 is 11.7 Å². The van der Waals surface area contributed by atoms with Crippen LogP contribution in [0.2, 0.25) is 0 Å². The van der Waals surface area contributed by atoms with Crippen LogP contribution in [0.4, 0.5) is 10.1 Å². The summed E-state index contributed by atoms with van der Waals surface area (Å²) < 4.78 is 13.9. The van der Waals surface area contributed by atoms with Crippen molar-refractivity contribution in [2.24, 2.45) is 0 Å². The van der Waals surface area contributed by atoms with Gasteiger partial charge in [-0.2, -0.15) is 0 Å². The fourth-order valence-electron chi connectivity index (χ4n) is 2.26. The Bertz CT molecular complexity index is 446. The molecule has 0 saturated heterocycles. The molecule has 0 radical (unpaired) electrons. The van der Waals surface area contributed by atoms with Crippen molar-refractivity contribution in [1.82, 2.24) is 0 Å². The molecular formula is C13H16FNO3. The topological polar surface area (TPSA) is 60.8 Å². The molecule has 1 aliphatic carbocycles. The Morgan fingerprint density at radius 3 is 2.67 bits per heavy atom. The lowest BCUT2D eigenvalue weighted by Gasteiger charge is -2.39. The lowest BCUT2D eigenvalue weighted by molar-refractivity contribution is 0.0696. The van der Waals surface area contributed by atoms with E-state index in [1.165, 1.54) is 18.2 Å². The van der Waals surface area contributed by atoms with Gasteiger partial charge in [0.25, 0.3) is 0 Å². The first kappa shape index (κ1) is 12.8. The minimum atomic E-state index is -1.15. The third-order valence-corrected chi connectivity index (χ3v) is 3.36. The molecule has 2 rings (SSSR count).